The molecule has 1 aromatic heterocycles. The largest absolute Gasteiger partial charge is 0.549 e. The van der Waals surface area contributed by atoms with Crippen molar-refractivity contribution in [1.29, 1.82) is 0 Å². The zero-order chi connectivity index (χ0) is 10.7. The van der Waals surface area contributed by atoms with E-state index < -0.39 is 11.2 Å². The van der Waals surface area contributed by atoms with Crippen molar-refractivity contribution in [3.05, 3.63) is 6.07 Å². The quantitative estimate of drug-likeness (QED) is 0.434. The third kappa shape index (κ3) is 2.77. The minimum Gasteiger partial charge on any atom is -0.549 e. The molecule has 1 heterocycles. The molecule has 0 aliphatic carbocycles. The molecule has 1 atom stereocenters. The fourth-order valence-corrected chi connectivity index (χ4v) is 1.62. The van der Waals surface area contributed by atoms with Gasteiger partial charge in [-0.3, -0.25) is 5.73 Å². The molecule has 0 aliphatic rings. The lowest BCUT2D eigenvalue weighted by Gasteiger charge is -2.06. The van der Waals surface area contributed by atoms with E-state index in [0.717, 1.165) is 11.8 Å². The molecule has 0 amide bonds. The van der Waals surface area contributed by atoms with Crippen molar-refractivity contribution in [1.82, 2.24) is 0 Å². The van der Waals surface area contributed by atoms with Gasteiger partial charge >= 0.3 is 11.0 Å². The van der Waals surface area contributed by atoms with Gasteiger partial charge in [0.15, 0.2) is 0 Å². The van der Waals surface area contributed by atoms with Crippen LogP contribution >= 0.6 is 11.8 Å². The number of rotatable bonds is 3. The van der Waals surface area contributed by atoms with E-state index in [4.69, 9.17) is 11.5 Å². The zero-order valence-corrected chi connectivity index (χ0v) is 8.35. The van der Waals surface area contributed by atoms with Crippen LogP contribution in [-0.4, -0.2) is 11.2 Å². The van der Waals surface area contributed by atoms with E-state index in [1.54, 1.807) is 0 Å². The summed E-state index contributed by atoms with van der Waals surface area (Å²) in [5, 5.41) is 10.3. The summed E-state index contributed by atoms with van der Waals surface area (Å²) in [4.78, 5) is 15.9. The first-order valence-electron chi connectivity index (χ1n) is 3.87. The molecule has 7 heteroatoms. The summed E-state index contributed by atoms with van der Waals surface area (Å²) in [5.41, 5.74) is 11.0. The lowest BCUT2D eigenvalue weighted by molar-refractivity contribution is -0.590. The number of anilines is 2. The Morgan fingerprint density at radius 3 is 2.43 bits per heavy atom. The van der Waals surface area contributed by atoms with Gasteiger partial charge in [-0.2, -0.15) is 9.97 Å². The van der Waals surface area contributed by atoms with Crippen molar-refractivity contribution < 1.29 is 19.9 Å². The van der Waals surface area contributed by atoms with Gasteiger partial charge < -0.3 is 15.6 Å². The Labute approximate surface area is 84.7 Å². The van der Waals surface area contributed by atoms with Gasteiger partial charge in [0.2, 0.25) is 5.82 Å². The molecule has 14 heavy (non-hydrogen) atoms. The highest BCUT2D eigenvalue weighted by Crippen LogP contribution is 2.14. The normalized spacial score (nSPS) is 12.4. The number of aromatic amines is 2. The molecule has 0 spiro atoms. The number of hydrogen-bond acceptors (Lipinski definition) is 5. The Morgan fingerprint density at radius 2 is 2.00 bits per heavy atom. The summed E-state index contributed by atoms with van der Waals surface area (Å²) < 4.78 is 0. The van der Waals surface area contributed by atoms with E-state index in [0.29, 0.717) is 16.8 Å². The lowest BCUT2D eigenvalue weighted by atomic mass is 10.5. The summed E-state index contributed by atoms with van der Waals surface area (Å²) in [6, 6.07) is 1.51. The van der Waals surface area contributed by atoms with Gasteiger partial charge in [0.05, 0.1) is 11.2 Å². The molecule has 0 aliphatic heterocycles. The number of carboxylic acid groups (broad SMARTS) is 1. The van der Waals surface area contributed by atoms with Crippen LogP contribution in [0.2, 0.25) is 0 Å². The molecule has 0 radical (unpaired) electrons. The second-order valence-corrected chi connectivity index (χ2v) is 4.06. The van der Waals surface area contributed by atoms with Crippen LogP contribution in [-0.2, 0) is 4.79 Å². The molecule has 6 nitrogen and oxygen atoms in total. The van der Waals surface area contributed by atoms with Crippen molar-refractivity contribution in [3.63, 3.8) is 0 Å². The van der Waals surface area contributed by atoms with E-state index in [-0.39, 0.29) is 0 Å². The van der Waals surface area contributed by atoms with Gasteiger partial charge in [-0.05, 0) is 18.7 Å². The zero-order valence-electron chi connectivity index (χ0n) is 7.53. The number of H-pyrrole nitrogens is 2. The second kappa shape index (κ2) is 4.14. The molecule has 1 aromatic rings. The molecule has 1 rings (SSSR count). The van der Waals surface area contributed by atoms with Crippen LogP contribution in [0.25, 0.3) is 0 Å². The number of aliphatic carboxylic acids is 1. The van der Waals surface area contributed by atoms with Crippen LogP contribution in [0.1, 0.15) is 6.92 Å². The lowest BCUT2D eigenvalue weighted by Crippen LogP contribution is -2.34. The molecule has 0 fully saturated rings. The summed E-state index contributed by atoms with van der Waals surface area (Å²) in [6.45, 7) is 1.51. The highest BCUT2D eigenvalue weighted by molar-refractivity contribution is 8.00. The number of thioether (sulfide) groups is 1. The Kier molecular flexibility index (Phi) is 3.13. The van der Waals surface area contributed by atoms with Crippen molar-refractivity contribution >= 4 is 29.4 Å². The molecule has 1 unspecified atom stereocenters. The molecular formula is C7H11N4O2S+. The van der Waals surface area contributed by atoms with Crippen LogP contribution < -0.4 is 26.5 Å². The maximum Gasteiger partial charge on any atom is 0.375 e. The second-order valence-electron chi connectivity index (χ2n) is 2.71. The first-order valence-corrected chi connectivity index (χ1v) is 4.75. The molecular weight excluding hydrogens is 204 g/mol. The Hall–Kier alpha value is -1.50. The van der Waals surface area contributed by atoms with Crippen LogP contribution in [0.4, 0.5) is 11.6 Å². The smallest absolute Gasteiger partial charge is 0.375 e. The van der Waals surface area contributed by atoms with Gasteiger partial charge in [-0.1, -0.05) is 0 Å². The van der Waals surface area contributed by atoms with Crippen LogP contribution in [0.3, 0.4) is 0 Å². The summed E-state index contributed by atoms with van der Waals surface area (Å²) in [6.07, 6.45) is 0. The van der Waals surface area contributed by atoms with Gasteiger partial charge in [0.1, 0.15) is 6.07 Å². The van der Waals surface area contributed by atoms with E-state index in [1.165, 1.54) is 13.0 Å². The predicted molar refractivity (Wildman–Crippen MR) is 48.7 cm³/mol. The molecule has 0 bridgehead atoms. The van der Waals surface area contributed by atoms with Gasteiger partial charge in [0, 0.05) is 0 Å². The number of nitrogens with one attached hydrogen (secondary N) is 2. The summed E-state index contributed by atoms with van der Waals surface area (Å²) >= 11 is 1.05. The number of carbonyl (C=O) groups excluding carboxylic acids is 1. The Morgan fingerprint density at radius 1 is 1.50 bits per heavy atom. The highest BCUT2D eigenvalue weighted by Gasteiger charge is 2.16. The van der Waals surface area contributed by atoms with Crippen molar-refractivity contribution in [2.75, 3.05) is 11.5 Å². The average molecular weight is 215 g/mol. The number of carboxylic acids is 1. The third-order valence-electron chi connectivity index (χ3n) is 1.45. The highest BCUT2D eigenvalue weighted by atomic mass is 32.2. The van der Waals surface area contributed by atoms with Crippen LogP contribution in [0, 0.1) is 0 Å². The number of aromatic nitrogens is 2. The Bertz CT molecular complexity index is 337. The van der Waals surface area contributed by atoms with E-state index in [2.05, 4.69) is 9.97 Å². The first-order chi connectivity index (χ1) is 6.49. The Balaban J connectivity index is 2.81. The molecule has 0 saturated carbocycles. The maximum absolute atomic E-state index is 10.5. The SMILES string of the molecule is CC(Sc1[nH+]c(N)cc(N)[nH+]1)C(=O)[O-]. The minimum absolute atomic E-state index is 0.370. The molecule has 0 aromatic carbocycles. The monoisotopic (exact) mass is 215 g/mol. The van der Waals surface area contributed by atoms with Gasteiger partial charge in [-0.15, -0.1) is 0 Å². The predicted octanol–water partition coefficient (Wildman–Crippen LogP) is -2.29. The van der Waals surface area contributed by atoms with E-state index >= 15 is 0 Å². The van der Waals surface area contributed by atoms with Crippen LogP contribution in [0.15, 0.2) is 11.2 Å². The molecule has 76 valence electrons. The van der Waals surface area contributed by atoms with Gasteiger partial charge in [0.25, 0.3) is 0 Å². The van der Waals surface area contributed by atoms with Crippen LogP contribution in [0.5, 0.6) is 0 Å². The third-order valence-corrected chi connectivity index (χ3v) is 2.44. The number of nitrogen functional groups attached to an aromatic ring is 2. The molecule has 6 N–H and O–H groups in total. The van der Waals surface area contributed by atoms with E-state index in [9.17, 15) is 9.90 Å². The average Bonchev–Trinajstić information content (AvgIpc) is 2.01. The minimum atomic E-state index is -1.14. The van der Waals surface area contributed by atoms with Gasteiger partial charge in [-0.25, -0.2) is 0 Å². The number of carbonyl (C=O) groups is 1. The van der Waals surface area contributed by atoms with E-state index in [1.807, 2.05) is 0 Å². The maximum atomic E-state index is 10.5. The summed E-state index contributed by atoms with van der Waals surface area (Å²) in [5.74, 6) is -0.401. The van der Waals surface area contributed by atoms with Crippen molar-refractivity contribution in [3.8, 4) is 0 Å². The fraction of sp³-hybridized carbons (Fsp3) is 0.286. The number of hydrogen-bond donors (Lipinski definition) is 2. The molecule has 0 saturated heterocycles. The van der Waals surface area contributed by atoms with Crippen molar-refractivity contribution in [2.45, 2.75) is 17.3 Å². The first kappa shape index (κ1) is 10.6. The number of nitrogens with two attached hydrogens (primary N) is 2. The fourth-order valence-electron chi connectivity index (χ4n) is 0.817. The van der Waals surface area contributed by atoms with Crippen molar-refractivity contribution in [2.24, 2.45) is 0 Å². The standard InChI is InChI=1S/C7H10N4O2S/c1-3(6(12)13)14-7-10-4(8)2-5(9)11-7/h2-3H,1H3,(H,12,13)(H4,8,9,10,11)/p+1. The summed E-state index contributed by atoms with van der Waals surface area (Å²) in [7, 11) is 0. The topological polar surface area (TPSA) is 120 Å².